The molecule has 19 heavy (non-hydrogen) atoms. The van der Waals surface area contributed by atoms with Crippen LogP contribution in [0.2, 0.25) is 0 Å². The average molecular weight is 267 g/mol. The van der Waals surface area contributed by atoms with Crippen LogP contribution in [0.3, 0.4) is 0 Å². The summed E-state index contributed by atoms with van der Waals surface area (Å²) in [5.74, 6) is 0.905. The molecule has 0 saturated carbocycles. The average Bonchev–Trinajstić information content (AvgIpc) is 2.36. The van der Waals surface area contributed by atoms with Gasteiger partial charge in [-0.05, 0) is 38.0 Å². The third-order valence-corrected chi connectivity index (χ3v) is 4.31. The molecule has 2 heteroatoms. The number of nitriles is 1. The lowest BCUT2D eigenvalue weighted by Gasteiger charge is -2.09. The van der Waals surface area contributed by atoms with E-state index in [9.17, 15) is 0 Å². The SMILES string of the molecule is Cc1cc(C)cc(CSc2c(C)cccc2C#N)c1. The van der Waals surface area contributed by atoms with Gasteiger partial charge in [-0.25, -0.2) is 0 Å². The number of thioether (sulfide) groups is 1. The molecule has 0 radical (unpaired) electrons. The van der Waals surface area contributed by atoms with Crippen LogP contribution in [0, 0.1) is 32.1 Å². The maximum absolute atomic E-state index is 9.16. The Bertz CT molecular complexity index is 618. The molecule has 0 aliphatic carbocycles. The fourth-order valence-corrected chi connectivity index (χ4v) is 3.28. The lowest BCUT2D eigenvalue weighted by Crippen LogP contribution is -1.89. The molecule has 0 atom stereocenters. The van der Waals surface area contributed by atoms with E-state index in [1.54, 1.807) is 11.8 Å². The van der Waals surface area contributed by atoms with Crippen molar-refractivity contribution >= 4 is 11.8 Å². The van der Waals surface area contributed by atoms with E-state index < -0.39 is 0 Å². The van der Waals surface area contributed by atoms with Gasteiger partial charge in [0, 0.05) is 10.6 Å². The molecule has 0 saturated heterocycles. The van der Waals surface area contributed by atoms with Crippen LogP contribution in [-0.4, -0.2) is 0 Å². The first-order chi connectivity index (χ1) is 9.10. The third kappa shape index (κ3) is 3.39. The molecule has 0 spiro atoms. The minimum atomic E-state index is 0.773. The van der Waals surface area contributed by atoms with Gasteiger partial charge in [-0.2, -0.15) is 5.26 Å². The van der Waals surface area contributed by atoms with Crippen LogP contribution >= 0.6 is 11.8 Å². The summed E-state index contributed by atoms with van der Waals surface area (Å²) in [4.78, 5) is 1.10. The van der Waals surface area contributed by atoms with E-state index in [0.29, 0.717) is 0 Å². The molecule has 2 rings (SSSR count). The monoisotopic (exact) mass is 267 g/mol. The van der Waals surface area contributed by atoms with E-state index in [2.05, 4.69) is 51.1 Å². The lowest BCUT2D eigenvalue weighted by molar-refractivity contribution is 1.24. The van der Waals surface area contributed by atoms with Crippen molar-refractivity contribution in [2.24, 2.45) is 0 Å². The molecule has 2 aromatic rings. The molecular formula is C17H17NS. The Hall–Kier alpha value is -1.72. The smallest absolute Gasteiger partial charge is 0.100 e. The zero-order valence-electron chi connectivity index (χ0n) is 11.5. The van der Waals surface area contributed by atoms with Gasteiger partial charge in [0.05, 0.1) is 5.56 Å². The summed E-state index contributed by atoms with van der Waals surface area (Å²) < 4.78 is 0. The van der Waals surface area contributed by atoms with Gasteiger partial charge >= 0.3 is 0 Å². The summed E-state index contributed by atoms with van der Waals surface area (Å²) in [5, 5.41) is 9.16. The molecular weight excluding hydrogens is 250 g/mol. The van der Waals surface area contributed by atoms with Crippen molar-refractivity contribution in [1.82, 2.24) is 0 Å². The molecule has 1 nitrogen and oxygen atoms in total. The van der Waals surface area contributed by atoms with Crippen LogP contribution in [0.5, 0.6) is 0 Å². The van der Waals surface area contributed by atoms with Crippen molar-refractivity contribution in [2.45, 2.75) is 31.4 Å². The van der Waals surface area contributed by atoms with Crippen LogP contribution in [0.25, 0.3) is 0 Å². The molecule has 0 fully saturated rings. The largest absolute Gasteiger partial charge is 0.192 e. The highest BCUT2D eigenvalue weighted by molar-refractivity contribution is 7.98. The Morgan fingerprint density at radius 1 is 1.05 bits per heavy atom. The Morgan fingerprint density at radius 3 is 2.37 bits per heavy atom. The molecule has 0 amide bonds. The number of benzene rings is 2. The third-order valence-electron chi connectivity index (χ3n) is 3.00. The first kappa shape index (κ1) is 13.7. The zero-order chi connectivity index (χ0) is 13.8. The Morgan fingerprint density at radius 2 is 1.74 bits per heavy atom. The first-order valence-electron chi connectivity index (χ1n) is 6.30. The van der Waals surface area contributed by atoms with Gasteiger partial charge in [0.25, 0.3) is 0 Å². The minimum Gasteiger partial charge on any atom is -0.192 e. The topological polar surface area (TPSA) is 23.8 Å². The highest BCUT2D eigenvalue weighted by atomic mass is 32.2. The molecule has 0 bridgehead atoms. The minimum absolute atomic E-state index is 0.773. The van der Waals surface area contributed by atoms with Gasteiger partial charge in [-0.3, -0.25) is 0 Å². The van der Waals surface area contributed by atoms with E-state index in [4.69, 9.17) is 5.26 Å². The number of rotatable bonds is 3. The molecule has 0 heterocycles. The normalized spacial score (nSPS) is 10.2. The van der Waals surface area contributed by atoms with Crippen LogP contribution in [0.4, 0.5) is 0 Å². The maximum Gasteiger partial charge on any atom is 0.100 e. The standard InChI is InChI=1S/C17H17NS/c1-12-7-13(2)9-15(8-12)11-19-17-14(3)5-4-6-16(17)10-18/h4-9H,11H2,1-3H3. The van der Waals surface area contributed by atoms with Crippen molar-refractivity contribution in [3.05, 3.63) is 64.2 Å². The molecule has 0 aromatic heterocycles. The van der Waals surface area contributed by atoms with Crippen molar-refractivity contribution in [1.29, 1.82) is 5.26 Å². The summed E-state index contributed by atoms with van der Waals surface area (Å²) in [6.07, 6.45) is 0. The summed E-state index contributed by atoms with van der Waals surface area (Å²) >= 11 is 1.75. The van der Waals surface area contributed by atoms with Crippen molar-refractivity contribution < 1.29 is 0 Å². The number of hydrogen-bond donors (Lipinski definition) is 0. The number of aryl methyl sites for hydroxylation is 3. The van der Waals surface area contributed by atoms with Crippen molar-refractivity contribution in [3.63, 3.8) is 0 Å². The van der Waals surface area contributed by atoms with E-state index in [0.717, 1.165) is 16.2 Å². The van der Waals surface area contributed by atoms with E-state index in [1.165, 1.54) is 22.3 Å². The summed E-state index contributed by atoms with van der Waals surface area (Å²) in [7, 11) is 0. The zero-order valence-corrected chi connectivity index (χ0v) is 12.3. The molecule has 2 aromatic carbocycles. The molecule has 0 unspecified atom stereocenters. The summed E-state index contributed by atoms with van der Waals surface area (Å²) in [5.41, 5.74) is 5.85. The Balaban J connectivity index is 2.21. The second-order valence-corrected chi connectivity index (χ2v) is 5.83. The quantitative estimate of drug-likeness (QED) is 0.747. The van der Waals surface area contributed by atoms with Gasteiger partial charge in [-0.15, -0.1) is 11.8 Å². The van der Waals surface area contributed by atoms with E-state index in [1.807, 2.05) is 12.1 Å². The van der Waals surface area contributed by atoms with Gasteiger partial charge in [0.15, 0.2) is 0 Å². The highest BCUT2D eigenvalue weighted by Gasteiger charge is 2.06. The molecule has 0 aliphatic heterocycles. The second-order valence-electron chi connectivity index (χ2n) is 4.85. The van der Waals surface area contributed by atoms with Gasteiger partial charge in [0.1, 0.15) is 6.07 Å². The van der Waals surface area contributed by atoms with E-state index in [-0.39, 0.29) is 0 Å². The number of nitrogens with zero attached hydrogens (tertiary/aromatic N) is 1. The molecule has 0 N–H and O–H groups in total. The van der Waals surface area contributed by atoms with Gasteiger partial charge in [0.2, 0.25) is 0 Å². The van der Waals surface area contributed by atoms with Crippen LogP contribution < -0.4 is 0 Å². The summed E-state index contributed by atoms with van der Waals surface area (Å²) in [6, 6.07) is 14.8. The first-order valence-corrected chi connectivity index (χ1v) is 7.28. The number of hydrogen-bond acceptors (Lipinski definition) is 2. The van der Waals surface area contributed by atoms with Gasteiger partial charge < -0.3 is 0 Å². The fraction of sp³-hybridized carbons (Fsp3) is 0.235. The molecule has 96 valence electrons. The van der Waals surface area contributed by atoms with Crippen LogP contribution in [0.15, 0.2) is 41.3 Å². The highest BCUT2D eigenvalue weighted by Crippen LogP contribution is 2.29. The van der Waals surface area contributed by atoms with Crippen LogP contribution in [-0.2, 0) is 5.75 Å². The predicted octanol–water partition coefficient (Wildman–Crippen LogP) is 4.78. The Labute approximate surface area is 119 Å². The summed E-state index contributed by atoms with van der Waals surface area (Å²) in [6.45, 7) is 6.30. The van der Waals surface area contributed by atoms with Crippen LogP contribution in [0.1, 0.15) is 27.8 Å². The van der Waals surface area contributed by atoms with Gasteiger partial charge in [-0.1, -0.05) is 41.5 Å². The van der Waals surface area contributed by atoms with E-state index >= 15 is 0 Å². The fourth-order valence-electron chi connectivity index (χ4n) is 2.24. The Kier molecular flexibility index (Phi) is 4.29. The van der Waals surface area contributed by atoms with Crippen molar-refractivity contribution in [2.75, 3.05) is 0 Å². The predicted molar refractivity (Wildman–Crippen MR) is 81.4 cm³/mol. The molecule has 0 aliphatic rings. The maximum atomic E-state index is 9.16. The second kappa shape index (κ2) is 5.95. The van der Waals surface area contributed by atoms with Crippen molar-refractivity contribution in [3.8, 4) is 6.07 Å². The lowest BCUT2D eigenvalue weighted by atomic mass is 10.1.